The monoisotopic (exact) mass is 450 g/mol. The first-order valence-corrected chi connectivity index (χ1v) is 10.0. The Bertz CT molecular complexity index is 1040. The van der Waals surface area contributed by atoms with Gasteiger partial charge in [-0.15, -0.1) is 11.3 Å². The van der Waals surface area contributed by atoms with Crippen molar-refractivity contribution in [2.24, 2.45) is 0 Å². The Morgan fingerprint density at radius 2 is 2.07 bits per heavy atom. The maximum Gasteiger partial charge on any atom is 0.264 e. The minimum atomic E-state index is -0.367. The quantitative estimate of drug-likeness (QED) is 0.494. The molecule has 0 saturated heterocycles. The molecule has 0 unspecified atom stereocenters. The van der Waals surface area contributed by atoms with Crippen LogP contribution in [0.4, 0.5) is 5.13 Å². The van der Waals surface area contributed by atoms with E-state index in [1.807, 2.05) is 12.1 Å². The maximum absolute atomic E-state index is 12.2. The summed E-state index contributed by atoms with van der Waals surface area (Å²) in [5, 5.41) is 4.15. The number of halogens is 2. The molecular weight excluding hydrogens is 435 g/mol. The number of nitrogens with one attached hydrogen (secondary N) is 1. The van der Waals surface area contributed by atoms with Gasteiger partial charge >= 0.3 is 0 Å². The Morgan fingerprint density at radius 3 is 2.83 bits per heavy atom. The van der Waals surface area contributed by atoms with E-state index in [-0.39, 0.29) is 12.5 Å². The van der Waals surface area contributed by atoms with Crippen LogP contribution in [0.15, 0.2) is 42.6 Å². The van der Waals surface area contributed by atoms with E-state index in [1.165, 1.54) is 24.5 Å². The summed E-state index contributed by atoms with van der Waals surface area (Å²) in [4.78, 5) is 28.1. The van der Waals surface area contributed by atoms with Gasteiger partial charge in [0.25, 0.3) is 5.91 Å². The molecule has 2 aromatic carbocycles. The van der Waals surface area contributed by atoms with Gasteiger partial charge in [-0.3, -0.25) is 14.9 Å². The molecule has 0 spiro atoms. The predicted octanol–water partition coefficient (Wildman–Crippen LogP) is 4.88. The van der Waals surface area contributed by atoms with Crippen molar-refractivity contribution in [3.05, 3.63) is 68.6 Å². The molecule has 3 rings (SSSR count). The summed E-state index contributed by atoms with van der Waals surface area (Å²) in [5.74, 6) is 0.370. The Kier molecular flexibility index (Phi) is 7.09. The van der Waals surface area contributed by atoms with Gasteiger partial charge in [-0.05, 0) is 29.8 Å². The number of hydrogen-bond donors (Lipinski definition) is 1. The number of amides is 1. The second-order valence-electron chi connectivity index (χ2n) is 5.89. The van der Waals surface area contributed by atoms with E-state index in [1.54, 1.807) is 24.4 Å². The molecule has 29 heavy (non-hydrogen) atoms. The highest BCUT2D eigenvalue weighted by Crippen LogP contribution is 2.30. The number of anilines is 1. The number of carbonyl (C=O) groups excluding carboxylic acids is 2. The van der Waals surface area contributed by atoms with Crippen molar-refractivity contribution in [1.82, 2.24) is 4.98 Å². The molecule has 1 aromatic heterocycles. The minimum Gasteiger partial charge on any atom is -0.493 e. The average Bonchev–Trinajstić information content (AvgIpc) is 3.16. The van der Waals surface area contributed by atoms with E-state index in [4.69, 9.17) is 32.7 Å². The number of ether oxygens (including phenoxy) is 2. The molecule has 1 heterocycles. The van der Waals surface area contributed by atoms with Crippen LogP contribution in [-0.4, -0.2) is 30.9 Å². The fourth-order valence-corrected chi connectivity index (χ4v) is 3.73. The predicted molar refractivity (Wildman–Crippen MR) is 114 cm³/mol. The Balaban J connectivity index is 1.58. The molecule has 0 atom stereocenters. The van der Waals surface area contributed by atoms with Gasteiger partial charge in [0.15, 0.2) is 23.2 Å². The lowest BCUT2D eigenvalue weighted by atomic mass is 10.1. The second-order valence-corrected chi connectivity index (χ2v) is 7.79. The van der Waals surface area contributed by atoms with E-state index in [0.29, 0.717) is 44.9 Å². The maximum atomic E-state index is 12.2. The number of aromatic nitrogens is 1. The number of nitrogens with zero attached hydrogens (tertiary/aromatic N) is 1. The second kappa shape index (κ2) is 9.73. The third-order valence-corrected chi connectivity index (χ3v) is 5.65. The van der Waals surface area contributed by atoms with Crippen molar-refractivity contribution in [2.45, 2.75) is 6.42 Å². The number of rotatable bonds is 8. The highest BCUT2D eigenvalue weighted by Gasteiger charge is 2.12. The number of thiazole rings is 1. The molecule has 150 valence electrons. The van der Waals surface area contributed by atoms with Crippen LogP contribution < -0.4 is 14.8 Å². The van der Waals surface area contributed by atoms with Gasteiger partial charge < -0.3 is 9.47 Å². The Morgan fingerprint density at radius 1 is 1.24 bits per heavy atom. The number of methoxy groups -OCH3 is 1. The van der Waals surface area contributed by atoms with Gasteiger partial charge in [0.2, 0.25) is 0 Å². The number of hydrogen-bond acceptors (Lipinski definition) is 6. The lowest BCUT2D eigenvalue weighted by Gasteiger charge is -2.10. The standard InChI is InChI=1S/C20H16Cl2N2O4S/c1-27-17-7-12(10-25)5-6-16(17)28-11-18(26)24-20-23-9-14(29-20)8-13-3-2-4-15(21)19(13)22/h2-7,9-10H,8,11H2,1H3,(H,23,24,26). The van der Waals surface area contributed by atoms with Crippen LogP contribution in [0.25, 0.3) is 0 Å². The van der Waals surface area contributed by atoms with Gasteiger partial charge in [0, 0.05) is 23.1 Å². The summed E-state index contributed by atoms with van der Waals surface area (Å²) in [6, 6.07) is 10.1. The van der Waals surface area contributed by atoms with Crippen molar-refractivity contribution < 1.29 is 19.1 Å². The SMILES string of the molecule is COc1cc(C=O)ccc1OCC(=O)Nc1ncc(Cc2cccc(Cl)c2Cl)s1. The smallest absolute Gasteiger partial charge is 0.264 e. The molecule has 0 saturated carbocycles. The van der Waals surface area contributed by atoms with Crippen LogP contribution in [-0.2, 0) is 11.2 Å². The summed E-state index contributed by atoms with van der Waals surface area (Å²) in [5.41, 5.74) is 1.34. The van der Waals surface area contributed by atoms with Crippen molar-refractivity contribution in [2.75, 3.05) is 19.0 Å². The summed E-state index contributed by atoms with van der Waals surface area (Å²) < 4.78 is 10.7. The van der Waals surface area contributed by atoms with Gasteiger partial charge in [-0.25, -0.2) is 4.98 Å². The van der Waals surface area contributed by atoms with Crippen LogP contribution in [0, 0.1) is 0 Å². The summed E-state index contributed by atoms with van der Waals surface area (Å²) in [7, 11) is 1.46. The van der Waals surface area contributed by atoms with E-state index in [9.17, 15) is 9.59 Å². The molecule has 3 aromatic rings. The van der Waals surface area contributed by atoms with Crippen LogP contribution in [0.2, 0.25) is 10.0 Å². The first-order chi connectivity index (χ1) is 14.0. The topological polar surface area (TPSA) is 77.5 Å². The molecule has 1 N–H and O–H groups in total. The highest BCUT2D eigenvalue weighted by molar-refractivity contribution is 7.15. The zero-order valence-electron chi connectivity index (χ0n) is 15.3. The summed E-state index contributed by atoms with van der Waals surface area (Å²) >= 11 is 13.6. The fourth-order valence-electron chi connectivity index (χ4n) is 2.50. The number of aldehydes is 1. The molecule has 6 nitrogen and oxygen atoms in total. The number of benzene rings is 2. The molecular formula is C20H16Cl2N2O4S. The first kappa shape index (κ1) is 21.1. The Hall–Kier alpha value is -2.61. The third-order valence-electron chi connectivity index (χ3n) is 3.88. The minimum absolute atomic E-state index is 0.230. The third kappa shape index (κ3) is 5.47. The van der Waals surface area contributed by atoms with Gasteiger partial charge in [0.05, 0.1) is 17.2 Å². The van der Waals surface area contributed by atoms with E-state index >= 15 is 0 Å². The van der Waals surface area contributed by atoms with Crippen molar-refractivity contribution in [3.8, 4) is 11.5 Å². The van der Waals surface area contributed by atoms with Crippen molar-refractivity contribution >= 4 is 51.9 Å². The normalized spacial score (nSPS) is 10.4. The van der Waals surface area contributed by atoms with E-state index < -0.39 is 0 Å². The van der Waals surface area contributed by atoms with Gasteiger partial charge in [-0.2, -0.15) is 0 Å². The average molecular weight is 451 g/mol. The van der Waals surface area contributed by atoms with Crippen molar-refractivity contribution in [3.63, 3.8) is 0 Å². The van der Waals surface area contributed by atoms with Crippen molar-refractivity contribution in [1.29, 1.82) is 0 Å². The van der Waals surface area contributed by atoms with Crippen LogP contribution in [0.3, 0.4) is 0 Å². The molecule has 9 heteroatoms. The molecule has 0 aliphatic carbocycles. The molecule has 0 aliphatic rings. The molecule has 0 fully saturated rings. The lowest BCUT2D eigenvalue weighted by molar-refractivity contribution is -0.118. The lowest BCUT2D eigenvalue weighted by Crippen LogP contribution is -2.20. The largest absolute Gasteiger partial charge is 0.493 e. The zero-order valence-corrected chi connectivity index (χ0v) is 17.6. The van der Waals surface area contributed by atoms with Crippen LogP contribution >= 0.6 is 34.5 Å². The molecule has 0 bridgehead atoms. The van der Waals surface area contributed by atoms with Crippen LogP contribution in [0.1, 0.15) is 20.8 Å². The Labute approximate surface area is 181 Å². The van der Waals surface area contributed by atoms with E-state index in [2.05, 4.69) is 10.3 Å². The first-order valence-electron chi connectivity index (χ1n) is 8.43. The zero-order chi connectivity index (χ0) is 20.8. The fraction of sp³-hybridized carbons (Fsp3) is 0.150. The summed E-state index contributed by atoms with van der Waals surface area (Å²) in [6.07, 6.45) is 2.94. The van der Waals surface area contributed by atoms with Crippen LogP contribution in [0.5, 0.6) is 11.5 Å². The number of carbonyl (C=O) groups is 2. The van der Waals surface area contributed by atoms with E-state index in [0.717, 1.165) is 10.4 Å². The molecule has 0 aliphatic heterocycles. The molecule has 1 amide bonds. The van der Waals surface area contributed by atoms with Gasteiger partial charge in [-0.1, -0.05) is 35.3 Å². The van der Waals surface area contributed by atoms with Gasteiger partial charge in [0.1, 0.15) is 6.29 Å². The molecule has 0 radical (unpaired) electrons. The highest BCUT2D eigenvalue weighted by atomic mass is 35.5. The summed E-state index contributed by atoms with van der Waals surface area (Å²) in [6.45, 7) is -0.230.